The van der Waals surface area contributed by atoms with Crippen LogP contribution in [0.5, 0.6) is 23.0 Å². The van der Waals surface area contributed by atoms with E-state index >= 15 is 0 Å². The summed E-state index contributed by atoms with van der Waals surface area (Å²) in [5, 5.41) is 73.6. The molecule has 0 spiro atoms. The summed E-state index contributed by atoms with van der Waals surface area (Å²) in [6.07, 6.45) is 0. The SMILES string of the molecule is O=C(O)c1cc(N=Nc2ccc(-c3nc4cc(N=Nc5c(O)ccc(N=Nc6cc(S(=O)(=O)O)ccc6O)c5O)ccc4[nH]3)cc2)ccc1O. The van der Waals surface area contributed by atoms with Gasteiger partial charge in [-0.05, 0) is 91.0 Å². The third kappa shape index (κ3) is 7.10. The third-order valence-electron chi connectivity index (χ3n) is 6.98. The Morgan fingerprint density at radius 2 is 1.26 bits per heavy atom. The number of imidazole rings is 1. The summed E-state index contributed by atoms with van der Waals surface area (Å²) in [5.74, 6) is -2.61. The highest BCUT2D eigenvalue weighted by Crippen LogP contribution is 2.44. The number of hydrogen-bond donors (Lipinski definition) is 7. The van der Waals surface area contributed by atoms with Crippen LogP contribution in [0, 0.1) is 0 Å². The van der Waals surface area contributed by atoms with Crippen molar-refractivity contribution in [1.82, 2.24) is 9.97 Å². The summed E-state index contributed by atoms with van der Waals surface area (Å²) in [7, 11) is -4.58. The number of carbonyl (C=O) groups is 1. The molecule has 7 N–H and O–H groups in total. The molecule has 0 atom stereocenters. The first-order valence-corrected chi connectivity index (χ1v) is 15.6. The first kappa shape index (κ1) is 32.9. The largest absolute Gasteiger partial charge is 0.507 e. The Balaban J connectivity index is 1.19. The Bertz CT molecular complexity index is 2500. The molecule has 0 amide bonds. The number of rotatable bonds is 9. The molecular weight excluding hydrogens is 672 g/mol. The fraction of sp³-hybridized carbons (Fsp3) is 0. The molecule has 1 aromatic heterocycles. The number of phenols is 4. The van der Waals surface area contributed by atoms with Crippen molar-refractivity contribution in [3.05, 3.63) is 96.6 Å². The molecule has 0 fully saturated rings. The van der Waals surface area contributed by atoms with E-state index in [4.69, 9.17) is 5.11 Å². The number of nitrogens with zero attached hydrogens (tertiary/aromatic N) is 7. The molecule has 50 heavy (non-hydrogen) atoms. The highest BCUT2D eigenvalue weighted by Gasteiger charge is 2.15. The van der Waals surface area contributed by atoms with Crippen molar-refractivity contribution < 1.29 is 43.3 Å². The number of benzene rings is 5. The smallest absolute Gasteiger partial charge is 0.339 e. The quantitative estimate of drug-likeness (QED) is 0.0562. The van der Waals surface area contributed by atoms with Gasteiger partial charge < -0.3 is 30.5 Å². The predicted molar refractivity (Wildman–Crippen MR) is 177 cm³/mol. The number of aromatic nitrogens is 2. The summed E-state index contributed by atoms with van der Waals surface area (Å²) in [4.78, 5) is 18.5. The van der Waals surface area contributed by atoms with E-state index in [0.29, 0.717) is 28.2 Å². The lowest BCUT2D eigenvalue weighted by atomic mass is 10.2. The zero-order valence-corrected chi connectivity index (χ0v) is 25.9. The topological polar surface area (TPSA) is 275 Å². The fourth-order valence-electron chi connectivity index (χ4n) is 4.45. The van der Waals surface area contributed by atoms with Gasteiger partial charge in [0.05, 0.1) is 33.0 Å². The molecule has 18 heteroatoms. The zero-order chi connectivity index (χ0) is 35.6. The summed E-state index contributed by atoms with van der Waals surface area (Å²) >= 11 is 0. The second-order valence-electron chi connectivity index (χ2n) is 10.4. The van der Waals surface area contributed by atoms with Crippen molar-refractivity contribution >= 4 is 61.2 Å². The Morgan fingerprint density at radius 3 is 2.00 bits per heavy atom. The van der Waals surface area contributed by atoms with Crippen LogP contribution in [0.3, 0.4) is 0 Å². The molecule has 1 heterocycles. The minimum atomic E-state index is -4.58. The van der Waals surface area contributed by atoms with Crippen molar-refractivity contribution in [1.29, 1.82) is 0 Å². The lowest BCUT2D eigenvalue weighted by Crippen LogP contribution is -1.96. The minimum absolute atomic E-state index is 0.194. The molecule has 6 rings (SSSR count). The van der Waals surface area contributed by atoms with E-state index in [-0.39, 0.29) is 34.1 Å². The lowest BCUT2D eigenvalue weighted by molar-refractivity contribution is 0.0693. The Kier molecular flexibility index (Phi) is 8.69. The first-order valence-electron chi connectivity index (χ1n) is 14.1. The maximum Gasteiger partial charge on any atom is 0.339 e. The number of azo groups is 3. The normalized spacial score (nSPS) is 12.1. The standard InChI is InChI=1S/C32H22N8O9S/c41-26-10-6-18(13-21(26)32(45)46)36-35-17-3-1-16(2-4-17)31-33-22-8-5-19(14-24(22)34-31)37-40-29-28(43)12-9-23(30(29)44)38-39-25-15-20(50(47,48)49)7-11-27(25)42/h1-15,41-44H,(H,33,34)(H,45,46)(H,47,48,49). The van der Waals surface area contributed by atoms with Gasteiger partial charge >= 0.3 is 5.97 Å². The zero-order valence-electron chi connectivity index (χ0n) is 25.1. The van der Waals surface area contributed by atoms with Crippen LogP contribution in [0.4, 0.5) is 34.1 Å². The Labute approximate surface area is 280 Å². The number of H-pyrrole nitrogens is 1. The van der Waals surface area contributed by atoms with E-state index < -0.39 is 38.2 Å². The molecule has 0 saturated carbocycles. The molecule has 0 radical (unpaired) electrons. The average Bonchev–Trinajstić information content (AvgIpc) is 3.51. The predicted octanol–water partition coefficient (Wildman–Crippen LogP) is 8.24. The summed E-state index contributed by atoms with van der Waals surface area (Å²) in [5.41, 5.74) is 1.86. The number of carboxylic acid groups (broad SMARTS) is 1. The second kappa shape index (κ2) is 13.2. The maximum atomic E-state index is 11.4. The highest BCUT2D eigenvalue weighted by atomic mass is 32.2. The average molecular weight is 695 g/mol. The summed E-state index contributed by atoms with van der Waals surface area (Å²) in [6, 6.07) is 21.0. The van der Waals surface area contributed by atoms with Crippen molar-refractivity contribution in [3.8, 4) is 34.4 Å². The molecule has 0 aliphatic carbocycles. The summed E-state index contributed by atoms with van der Waals surface area (Å²) in [6.45, 7) is 0. The lowest BCUT2D eigenvalue weighted by Gasteiger charge is -2.04. The number of nitrogens with one attached hydrogen (secondary N) is 1. The van der Waals surface area contributed by atoms with Gasteiger partial charge in [-0.25, -0.2) is 9.78 Å². The van der Waals surface area contributed by atoms with Crippen LogP contribution in [-0.2, 0) is 10.1 Å². The third-order valence-corrected chi connectivity index (χ3v) is 7.83. The van der Waals surface area contributed by atoms with E-state index in [1.54, 1.807) is 42.5 Å². The second-order valence-corrected chi connectivity index (χ2v) is 11.8. The first-order chi connectivity index (χ1) is 23.9. The summed E-state index contributed by atoms with van der Waals surface area (Å²) < 4.78 is 32.1. The van der Waals surface area contributed by atoms with Gasteiger partial charge in [0.25, 0.3) is 10.1 Å². The van der Waals surface area contributed by atoms with E-state index in [1.807, 2.05) is 0 Å². The van der Waals surface area contributed by atoms with Gasteiger partial charge in [-0.3, -0.25) is 4.55 Å². The molecule has 0 aliphatic rings. The molecule has 250 valence electrons. The van der Waals surface area contributed by atoms with Crippen LogP contribution >= 0.6 is 0 Å². The number of aromatic amines is 1. The highest BCUT2D eigenvalue weighted by molar-refractivity contribution is 7.85. The molecule has 0 bridgehead atoms. The maximum absolute atomic E-state index is 11.4. The van der Waals surface area contributed by atoms with Crippen LogP contribution in [0.1, 0.15) is 10.4 Å². The van der Waals surface area contributed by atoms with Crippen LogP contribution in [0.15, 0.2) is 127 Å². The van der Waals surface area contributed by atoms with Crippen LogP contribution < -0.4 is 0 Å². The Morgan fingerprint density at radius 1 is 0.640 bits per heavy atom. The fourth-order valence-corrected chi connectivity index (χ4v) is 4.95. The molecule has 0 saturated heterocycles. The van der Waals surface area contributed by atoms with Gasteiger partial charge in [0.2, 0.25) is 0 Å². The van der Waals surface area contributed by atoms with E-state index in [9.17, 15) is 38.2 Å². The molecule has 17 nitrogen and oxygen atoms in total. The van der Waals surface area contributed by atoms with Gasteiger partial charge in [-0.2, -0.15) is 23.8 Å². The van der Waals surface area contributed by atoms with Gasteiger partial charge in [-0.1, -0.05) is 0 Å². The minimum Gasteiger partial charge on any atom is -0.507 e. The van der Waals surface area contributed by atoms with E-state index in [1.165, 1.54) is 30.3 Å². The molecule has 0 unspecified atom stereocenters. The van der Waals surface area contributed by atoms with Gasteiger partial charge in [0.1, 0.15) is 40.0 Å². The van der Waals surface area contributed by atoms with Crippen molar-refractivity contribution in [2.75, 3.05) is 0 Å². The molecule has 5 aromatic carbocycles. The van der Waals surface area contributed by atoms with Crippen LogP contribution in [0.2, 0.25) is 0 Å². The number of phenolic OH excluding ortho intramolecular Hbond substituents is 3. The van der Waals surface area contributed by atoms with Gasteiger partial charge in [-0.15, -0.1) is 15.3 Å². The Hall–Kier alpha value is -7.05. The monoisotopic (exact) mass is 694 g/mol. The number of carboxylic acids is 1. The molecular formula is C32H22N8O9S. The number of aromatic carboxylic acids is 1. The van der Waals surface area contributed by atoms with E-state index in [0.717, 1.165) is 23.8 Å². The van der Waals surface area contributed by atoms with Crippen molar-refractivity contribution in [3.63, 3.8) is 0 Å². The molecule has 0 aliphatic heterocycles. The number of aromatic hydroxyl groups is 4. The van der Waals surface area contributed by atoms with Crippen molar-refractivity contribution in [2.45, 2.75) is 4.90 Å². The van der Waals surface area contributed by atoms with Crippen molar-refractivity contribution in [2.24, 2.45) is 30.7 Å². The van der Waals surface area contributed by atoms with Gasteiger partial charge in [0.15, 0.2) is 11.4 Å². The van der Waals surface area contributed by atoms with Crippen LogP contribution in [-0.4, -0.2) is 54.4 Å². The molecule has 6 aromatic rings. The van der Waals surface area contributed by atoms with E-state index in [2.05, 4.69) is 40.7 Å². The number of fused-ring (bicyclic) bond motifs is 1. The van der Waals surface area contributed by atoms with Crippen LogP contribution in [0.25, 0.3) is 22.4 Å². The number of hydrogen-bond acceptors (Lipinski definition) is 14. The van der Waals surface area contributed by atoms with Gasteiger partial charge in [0, 0.05) is 5.56 Å².